The molecule has 0 saturated carbocycles. The molecule has 1 atom stereocenters. The van der Waals surface area contributed by atoms with Gasteiger partial charge in [-0.2, -0.15) is 13.2 Å². The Hall–Kier alpha value is -2.37. The third-order valence-corrected chi connectivity index (χ3v) is 5.21. The second-order valence-corrected chi connectivity index (χ2v) is 8.55. The van der Waals surface area contributed by atoms with Gasteiger partial charge in [0.05, 0.1) is 17.6 Å². The van der Waals surface area contributed by atoms with Gasteiger partial charge in [-0.15, -0.1) is 0 Å². The number of alkyl halides is 3. The van der Waals surface area contributed by atoms with Crippen LogP contribution in [0.3, 0.4) is 0 Å². The molecule has 0 radical (unpaired) electrons. The van der Waals surface area contributed by atoms with Gasteiger partial charge in [0.25, 0.3) is 0 Å². The summed E-state index contributed by atoms with van der Waals surface area (Å²) < 4.78 is 37.0. The molecule has 3 N–H and O–H groups in total. The maximum atomic E-state index is 10.6. The van der Waals surface area contributed by atoms with Gasteiger partial charge in [0.1, 0.15) is 17.9 Å². The van der Waals surface area contributed by atoms with Crippen LogP contribution < -0.4 is 15.0 Å². The standard InChI is InChI=1S/C18H25ClN4O2.C2HF3O2/c1-18(2,10-24)9-20-12-4-5-23(8-12)17-13-6-14(19)16(25-3)7-15(13)21-11-22-17;3-2(4,5)1(6)7/h6-7,11-12,20,24H,4-5,8-10H2,1-3H3;(H,6,7). The van der Waals surface area contributed by atoms with E-state index in [0.29, 0.717) is 16.8 Å². The Labute approximate surface area is 188 Å². The quantitative estimate of drug-likeness (QED) is 0.581. The zero-order valence-corrected chi connectivity index (χ0v) is 18.7. The molecule has 1 fully saturated rings. The van der Waals surface area contributed by atoms with Crippen molar-refractivity contribution in [3.63, 3.8) is 0 Å². The second-order valence-electron chi connectivity index (χ2n) is 8.14. The number of carboxylic acids is 1. The van der Waals surface area contributed by atoms with E-state index in [1.54, 1.807) is 13.4 Å². The minimum atomic E-state index is -5.08. The molecule has 12 heteroatoms. The summed E-state index contributed by atoms with van der Waals surface area (Å²) in [7, 11) is 1.60. The molecule has 0 amide bonds. The highest BCUT2D eigenvalue weighted by Crippen LogP contribution is 2.33. The molecule has 1 aromatic heterocycles. The van der Waals surface area contributed by atoms with Crippen molar-refractivity contribution in [3.05, 3.63) is 23.5 Å². The summed E-state index contributed by atoms with van der Waals surface area (Å²) in [5.41, 5.74) is 0.711. The first-order valence-corrected chi connectivity index (χ1v) is 10.1. The van der Waals surface area contributed by atoms with Crippen molar-refractivity contribution in [1.82, 2.24) is 15.3 Å². The van der Waals surface area contributed by atoms with Crippen molar-refractivity contribution in [2.24, 2.45) is 5.41 Å². The second kappa shape index (κ2) is 10.5. The van der Waals surface area contributed by atoms with Crippen molar-refractivity contribution in [3.8, 4) is 5.75 Å². The molecular formula is C20H26ClF3N4O4. The number of ether oxygens (including phenoxy) is 1. The summed E-state index contributed by atoms with van der Waals surface area (Å²) in [6, 6.07) is 4.10. The number of anilines is 1. The van der Waals surface area contributed by atoms with E-state index in [9.17, 15) is 18.3 Å². The lowest BCUT2D eigenvalue weighted by molar-refractivity contribution is -0.192. The smallest absolute Gasteiger partial charge is 0.490 e. The summed E-state index contributed by atoms with van der Waals surface area (Å²) in [4.78, 5) is 20.0. The van der Waals surface area contributed by atoms with Gasteiger partial charge in [0.15, 0.2) is 0 Å². The number of aromatic nitrogens is 2. The number of carbonyl (C=O) groups is 1. The lowest BCUT2D eigenvalue weighted by Crippen LogP contribution is -2.40. The van der Waals surface area contributed by atoms with E-state index in [4.69, 9.17) is 26.2 Å². The Morgan fingerprint density at radius 2 is 2.00 bits per heavy atom. The summed E-state index contributed by atoms with van der Waals surface area (Å²) in [6.45, 7) is 6.87. The van der Waals surface area contributed by atoms with Crippen LogP contribution in [0.15, 0.2) is 18.5 Å². The van der Waals surface area contributed by atoms with Crippen LogP contribution in [0.25, 0.3) is 10.9 Å². The average molecular weight is 479 g/mol. The van der Waals surface area contributed by atoms with Gasteiger partial charge < -0.3 is 25.2 Å². The zero-order chi connectivity index (χ0) is 24.1. The van der Waals surface area contributed by atoms with E-state index < -0.39 is 12.1 Å². The predicted octanol–water partition coefficient (Wildman–Crippen LogP) is 3.11. The van der Waals surface area contributed by atoms with Gasteiger partial charge in [-0.3, -0.25) is 0 Å². The largest absolute Gasteiger partial charge is 0.495 e. The van der Waals surface area contributed by atoms with Crippen LogP contribution in [0.5, 0.6) is 5.75 Å². The molecule has 8 nitrogen and oxygen atoms in total. The minimum absolute atomic E-state index is 0.112. The van der Waals surface area contributed by atoms with Gasteiger partial charge in [0.2, 0.25) is 0 Å². The molecule has 2 heterocycles. The van der Waals surface area contributed by atoms with E-state index in [0.717, 1.165) is 42.8 Å². The lowest BCUT2D eigenvalue weighted by atomic mass is 9.94. The Morgan fingerprint density at radius 3 is 2.56 bits per heavy atom. The van der Waals surface area contributed by atoms with E-state index >= 15 is 0 Å². The normalized spacial score (nSPS) is 16.6. The Morgan fingerprint density at radius 1 is 1.34 bits per heavy atom. The van der Waals surface area contributed by atoms with Crippen molar-refractivity contribution >= 4 is 34.3 Å². The number of hydrogen-bond acceptors (Lipinski definition) is 7. The topological polar surface area (TPSA) is 108 Å². The first kappa shape index (κ1) is 25.9. The fraction of sp³-hybridized carbons (Fsp3) is 0.550. The summed E-state index contributed by atoms with van der Waals surface area (Å²) in [5, 5.41) is 21.6. The van der Waals surface area contributed by atoms with E-state index in [1.165, 1.54) is 0 Å². The van der Waals surface area contributed by atoms with Crippen LogP contribution in [-0.2, 0) is 4.79 Å². The first-order chi connectivity index (χ1) is 14.9. The van der Waals surface area contributed by atoms with Gasteiger partial charge in [0, 0.05) is 49.2 Å². The van der Waals surface area contributed by atoms with E-state index in [1.807, 2.05) is 12.1 Å². The molecule has 32 heavy (non-hydrogen) atoms. The van der Waals surface area contributed by atoms with Crippen molar-refractivity contribution in [2.75, 3.05) is 38.3 Å². The number of aliphatic hydroxyl groups excluding tert-OH is 1. The predicted molar refractivity (Wildman–Crippen MR) is 114 cm³/mol. The fourth-order valence-electron chi connectivity index (χ4n) is 3.05. The molecule has 0 spiro atoms. The summed E-state index contributed by atoms with van der Waals surface area (Å²) in [5.74, 6) is -1.24. The minimum Gasteiger partial charge on any atom is -0.495 e. The summed E-state index contributed by atoms with van der Waals surface area (Å²) >= 11 is 6.29. The number of aliphatic carboxylic acids is 1. The number of aliphatic hydroxyl groups is 1. The van der Waals surface area contributed by atoms with Gasteiger partial charge in [-0.1, -0.05) is 25.4 Å². The first-order valence-electron chi connectivity index (χ1n) is 9.75. The number of methoxy groups -OCH3 is 1. The molecule has 2 aromatic rings. The molecule has 1 aliphatic rings. The maximum absolute atomic E-state index is 10.6. The molecule has 1 saturated heterocycles. The van der Waals surface area contributed by atoms with Gasteiger partial charge in [-0.25, -0.2) is 14.8 Å². The molecule has 0 aliphatic carbocycles. The number of nitrogens with one attached hydrogen (secondary N) is 1. The molecular weight excluding hydrogens is 453 g/mol. The van der Waals surface area contributed by atoms with E-state index in [-0.39, 0.29) is 12.0 Å². The zero-order valence-electron chi connectivity index (χ0n) is 17.9. The highest BCUT2D eigenvalue weighted by molar-refractivity contribution is 6.33. The number of nitrogens with zero attached hydrogens (tertiary/aromatic N) is 3. The van der Waals surface area contributed by atoms with Crippen molar-refractivity contribution in [2.45, 2.75) is 32.5 Å². The molecule has 3 rings (SSSR count). The fourth-order valence-corrected chi connectivity index (χ4v) is 3.29. The molecule has 178 valence electrons. The summed E-state index contributed by atoms with van der Waals surface area (Å²) in [6.07, 6.45) is -2.46. The van der Waals surface area contributed by atoms with Gasteiger partial charge >= 0.3 is 12.1 Å². The number of fused-ring (bicyclic) bond motifs is 1. The van der Waals surface area contributed by atoms with Crippen molar-refractivity contribution < 1.29 is 32.9 Å². The SMILES string of the molecule is COc1cc2ncnc(N3CCC(NCC(C)(C)CO)C3)c2cc1Cl.O=C(O)C(F)(F)F. The van der Waals surface area contributed by atoms with Crippen LogP contribution in [0.2, 0.25) is 5.02 Å². The van der Waals surface area contributed by atoms with Gasteiger partial charge in [-0.05, 0) is 12.5 Å². The number of rotatable bonds is 6. The molecule has 1 aliphatic heterocycles. The third kappa shape index (κ3) is 6.81. The number of hydrogen-bond donors (Lipinski definition) is 3. The molecule has 0 bridgehead atoms. The number of halogens is 4. The van der Waals surface area contributed by atoms with Crippen LogP contribution in [-0.4, -0.2) is 71.7 Å². The van der Waals surface area contributed by atoms with Crippen LogP contribution in [0.1, 0.15) is 20.3 Å². The Bertz CT molecular complexity index is 943. The highest BCUT2D eigenvalue weighted by Gasteiger charge is 2.38. The van der Waals surface area contributed by atoms with E-state index in [2.05, 4.69) is 34.0 Å². The number of benzene rings is 1. The third-order valence-electron chi connectivity index (χ3n) is 4.92. The highest BCUT2D eigenvalue weighted by atomic mass is 35.5. The monoisotopic (exact) mass is 478 g/mol. The Kier molecular flexibility index (Phi) is 8.49. The van der Waals surface area contributed by atoms with Crippen LogP contribution in [0, 0.1) is 5.41 Å². The average Bonchev–Trinajstić information content (AvgIpc) is 3.20. The Balaban J connectivity index is 0.000000451. The molecule has 1 unspecified atom stereocenters. The lowest BCUT2D eigenvalue weighted by Gasteiger charge is -2.25. The number of carboxylic acid groups (broad SMARTS) is 1. The van der Waals surface area contributed by atoms with Crippen LogP contribution in [0.4, 0.5) is 19.0 Å². The maximum Gasteiger partial charge on any atom is 0.490 e. The molecule has 1 aromatic carbocycles. The van der Waals surface area contributed by atoms with Crippen LogP contribution >= 0.6 is 11.6 Å². The van der Waals surface area contributed by atoms with Crippen molar-refractivity contribution in [1.29, 1.82) is 0 Å².